The van der Waals surface area contributed by atoms with Crippen LogP contribution in [-0.4, -0.2) is 10.9 Å². The minimum Gasteiger partial charge on any atom is -0.305 e. The maximum Gasteiger partial charge on any atom is 0.259 e. The Balaban J connectivity index is 2.25. The van der Waals surface area contributed by atoms with E-state index in [2.05, 4.69) is 10.3 Å². The largest absolute Gasteiger partial charge is 0.305 e. The normalized spacial score (nSPS) is 10.2. The van der Waals surface area contributed by atoms with E-state index in [9.17, 15) is 13.6 Å². The van der Waals surface area contributed by atoms with Crippen molar-refractivity contribution in [3.8, 4) is 0 Å². The van der Waals surface area contributed by atoms with E-state index in [0.29, 0.717) is 6.07 Å². The highest BCUT2D eigenvalue weighted by Gasteiger charge is 2.14. The van der Waals surface area contributed by atoms with Gasteiger partial charge in [-0.3, -0.25) is 4.79 Å². The fourth-order valence-corrected chi connectivity index (χ4v) is 1.49. The lowest BCUT2D eigenvalue weighted by atomic mass is 10.2. The van der Waals surface area contributed by atoms with Gasteiger partial charge in [-0.05, 0) is 24.3 Å². The molecule has 0 spiro atoms. The minimum atomic E-state index is -0.945. The average Bonchev–Trinajstić information content (AvgIpc) is 2.32. The van der Waals surface area contributed by atoms with Crippen LogP contribution in [0, 0.1) is 11.6 Å². The minimum absolute atomic E-state index is 0.118. The van der Waals surface area contributed by atoms with Crippen molar-refractivity contribution in [1.29, 1.82) is 0 Å². The molecular weight excluding hydrogens is 262 g/mol. The smallest absolute Gasteiger partial charge is 0.259 e. The van der Waals surface area contributed by atoms with Crippen LogP contribution in [0.5, 0.6) is 0 Å². The van der Waals surface area contributed by atoms with Gasteiger partial charge in [0.15, 0.2) is 5.82 Å². The van der Waals surface area contributed by atoms with Crippen LogP contribution in [0.4, 0.5) is 14.6 Å². The van der Waals surface area contributed by atoms with Gasteiger partial charge >= 0.3 is 0 Å². The number of pyridine rings is 1. The molecule has 0 aliphatic heterocycles. The van der Waals surface area contributed by atoms with Crippen molar-refractivity contribution >= 4 is 23.3 Å². The standard InChI is InChI=1S/C12H7ClF2N2O/c13-9-2-1-5-16-11(9)17-12(18)8-4-3-7(14)6-10(8)15/h1-6H,(H,16,17,18). The number of hydrogen-bond donors (Lipinski definition) is 1. The van der Waals surface area contributed by atoms with Crippen molar-refractivity contribution in [3.05, 3.63) is 58.7 Å². The van der Waals surface area contributed by atoms with Crippen LogP contribution in [0.3, 0.4) is 0 Å². The Morgan fingerprint density at radius 3 is 2.72 bits per heavy atom. The van der Waals surface area contributed by atoms with E-state index in [0.717, 1.165) is 12.1 Å². The van der Waals surface area contributed by atoms with E-state index >= 15 is 0 Å². The number of nitrogens with zero attached hydrogens (tertiary/aromatic N) is 1. The number of nitrogens with one attached hydrogen (secondary N) is 1. The molecular formula is C12H7ClF2N2O. The maximum absolute atomic E-state index is 13.3. The van der Waals surface area contributed by atoms with E-state index < -0.39 is 17.5 Å². The number of amides is 1. The van der Waals surface area contributed by atoms with Crippen molar-refractivity contribution in [2.75, 3.05) is 5.32 Å². The molecule has 1 heterocycles. The Morgan fingerprint density at radius 2 is 2.06 bits per heavy atom. The molecule has 1 N–H and O–H groups in total. The van der Waals surface area contributed by atoms with Gasteiger partial charge in [0, 0.05) is 12.3 Å². The second kappa shape index (κ2) is 5.10. The summed E-state index contributed by atoms with van der Waals surface area (Å²) < 4.78 is 26.0. The quantitative estimate of drug-likeness (QED) is 0.908. The Labute approximate surface area is 106 Å². The van der Waals surface area contributed by atoms with Crippen LogP contribution in [0.15, 0.2) is 36.5 Å². The number of rotatable bonds is 2. The molecule has 0 saturated carbocycles. The van der Waals surface area contributed by atoms with Gasteiger partial charge in [-0.1, -0.05) is 11.6 Å². The first-order valence-corrected chi connectivity index (χ1v) is 5.32. The molecule has 0 saturated heterocycles. The monoisotopic (exact) mass is 268 g/mol. The summed E-state index contributed by atoms with van der Waals surface area (Å²) in [6.45, 7) is 0. The molecule has 92 valence electrons. The molecule has 2 aromatic rings. The molecule has 0 unspecified atom stereocenters. The van der Waals surface area contributed by atoms with Gasteiger partial charge in [0.05, 0.1) is 10.6 Å². The lowest BCUT2D eigenvalue weighted by Crippen LogP contribution is -2.15. The van der Waals surface area contributed by atoms with Crippen molar-refractivity contribution in [1.82, 2.24) is 4.98 Å². The molecule has 0 aliphatic rings. The van der Waals surface area contributed by atoms with Gasteiger partial charge in [0.25, 0.3) is 5.91 Å². The Morgan fingerprint density at radius 1 is 1.28 bits per heavy atom. The second-order valence-electron chi connectivity index (χ2n) is 3.41. The third kappa shape index (κ3) is 2.62. The summed E-state index contributed by atoms with van der Waals surface area (Å²) >= 11 is 5.79. The van der Waals surface area contributed by atoms with Crippen LogP contribution in [0.2, 0.25) is 5.02 Å². The van der Waals surface area contributed by atoms with Crippen molar-refractivity contribution in [3.63, 3.8) is 0 Å². The summed E-state index contributed by atoms with van der Waals surface area (Å²) in [4.78, 5) is 15.6. The number of carbonyl (C=O) groups is 1. The Bertz CT molecular complexity index is 604. The fraction of sp³-hybridized carbons (Fsp3) is 0. The molecule has 0 atom stereocenters. The molecule has 2 rings (SSSR count). The summed E-state index contributed by atoms with van der Waals surface area (Å²) in [5.41, 5.74) is -0.280. The predicted octanol–water partition coefficient (Wildman–Crippen LogP) is 3.27. The van der Waals surface area contributed by atoms with Crippen LogP contribution in [-0.2, 0) is 0 Å². The van der Waals surface area contributed by atoms with Crippen LogP contribution in [0.1, 0.15) is 10.4 Å². The zero-order valence-corrected chi connectivity index (χ0v) is 9.71. The first-order chi connectivity index (χ1) is 8.58. The van der Waals surface area contributed by atoms with Crippen LogP contribution in [0.25, 0.3) is 0 Å². The summed E-state index contributed by atoms with van der Waals surface area (Å²) in [5.74, 6) is -2.32. The van der Waals surface area contributed by atoms with Gasteiger partial charge in [-0.2, -0.15) is 0 Å². The lowest BCUT2D eigenvalue weighted by Gasteiger charge is -2.06. The molecule has 6 heteroatoms. The van der Waals surface area contributed by atoms with Gasteiger partial charge in [-0.25, -0.2) is 13.8 Å². The van der Waals surface area contributed by atoms with Gasteiger partial charge in [-0.15, -0.1) is 0 Å². The first kappa shape index (κ1) is 12.4. The molecule has 1 aromatic carbocycles. The number of halogens is 3. The predicted molar refractivity (Wildman–Crippen MR) is 63.6 cm³/mol. The van der Waals surface area contributed by atoms with Gasteiger partial charge in [0.2, 0.25) is 0 Å². The number of carbonyl (C=O) groups excluding carboxylic acids is 1. The summed E-state index contributed by atoms with van der Waals surface area (Å²) in [6.07, 6.45) is 1.43. The fourth-order valence-electron chi connectivity index (χ4n) is 1.33. The van der Waals surface area contributed by atoms with E-state index in [1.54, 1.807) is 6.07 Å². The van der Waals surface area contributed by atoms with Crippen LogP contribution >= 0.6 is 11.6 Å². The number of anilines is 1. The van der Waals surface area contributed by atoms with E-state index in [1.165, 1.54) is 12.3 Å². The number of benzene rings is 1. The van der Waals surface area contributed by atoms with Crippen molar-refractivity contribution in [2.45, 2.75) is 0 Å². The highest BCUT2D eigenvalue weighted by atomic mass is 35.5. The zero-order chi connectivity index (χ0) is 13.1. The molecule has 1 aromatic heterocycles. The van der Waals surface area contributed by atoms with E-state index in [1.807, 2.05) is 0 Å². The third-order valence-electron chi connectivity index (χ3n) is 2.17. The molecule has 18 heavy (non-hydrogen) atoms. The number of hydrogen-bond acceptors (Lipinski definition) is 2. The summed E-state index contributed by atoms with van der Waals surface area (Å²) in [7, 11) is 0. The van der Waals surface area contributed by atoms with Gasteiger partial charge in [0.1, 0.15) is 11.6 Å². The van der Waals surface area contributed by atoms with Crippen molar-refractivity contribution < 1.29 is 13.6 Å². The van der Waals surface area contributed by atoms with Gasteiger partial charge < -0.3 is 5.32 Å². The summed E-state index contributed by atoms with van der Waals surface area (Å²) in [6, 6.07) is 5.81. The molecule has 0 radical (unpaired) electrons. The topological polar surface area (TPSA) is 42.0 Å². The molecule has 1 amide bonds. The molecule has 0 bridgehead atoms. The molecule has 3 nitrogen and oxygen atoms in total. The average molecular weight is 269 g/mol. The highest BCUT2D eigenvalue weighted by molar-refractivity contribution is 6.33. The van der Waals surface area contributed by atoms with Crippen molar-refractivity contribution in [2.24, 2.45) is 0 Å². The highest BCUT2D eigenvalue weighted by Crippen LogP contribution is 2.19. The van der Waals surface area contributed by atoms with E-state index in [-0.39, 0.29) is 16.4 Å². The molecule has 0 aliphatic carbocycles. The van der Waals surface area contributed by atoms with Crippen LogP contribution < -0.4 is 5.32 Å². The summed E-state index contributed by atoms with van der Waals surface area (Å²) in [5, 5.41) is 2.57. The first-order valence-electron chi connectivity index (χ1n) is 4.95. The SMILES string of the molecule is O=C(Nc1ncccc1Cl)c1ccc(F)cc1F. The molecule has 0 fully saturated rings. The Hall–Kier alpha value is -2.01. The lowest BCUT2D eigenvalue weighted by molar-refractivity contribution is 0.102. The zero-order valence-electron chi connectivity index (χ0n) is 8.95. The second-order valence-corrected chi connectivity index (χ2v) is 3.82. The van der Waals surface area contributed by atoms with E-state index in [4.69, 9.17) is 11.6 Å². The number of aromatic nitrogens is 1. The maximum atomic E-state index is 13.3. The Kier molecular flexibility index (Phi) is 3.53. The third-order valence-corrected chi connectivity index (χ3v) is 2.47.